The number of imidazole rings is 1. The predicted molar refractivity (Wildman–Crippen MR) is 116 cm³/mol. The number of hydrogen-bond acceptors (Lipinski definition) is 5. The number of aromatic nitrogens is 3. The molecule has 10 heteroatoms. The summed E-state index contributed by atoms with van der Waals surface area (Å²) in [6.07, 6.45) is 6.68. The largest absolute Gasteiger partial charge is 0.356 e. The molecule has 30 heavy (non-hydrogen) atoms. The van der Waals surface area contributed by atoms with Crippen LogP contribution in [0.5, 0.6) is 0 Å². The number of benzene rings is 1. The van der Waals surface area contributed by atoms with E-state index >= 15 is 0 Å². The summed E-state index contributed by atoms with van der Waals surface area (Å²) in [6, 6.07) is 8.96. The van der Waals surface area contributed by atoms with Crippen LogP contribution in [-0.4, -0.2) is 57.8 Å². The van der Waals surface area contributed by atoms with Crippen LogP contribution in [0.15, 0.2) is 60.1 Å². The van der Waals surface area contributed by atoms with Crippen LogP contribution in [0.3, 0.4) is 0 Å². The van der Waals surface area contributed by atoms with E-state index in [-0.39, 0.29) is 22.5 Å². The predicted octanol–water partition coefficient (Wildman–Crippen LogP) is 2.43. The number of H-pyrrole nitrogens is 1. The molecule has 0 saturated carbocycles. The van der Waals surface area contributed by atoms with Crippen molar-refractivity contribution in [1.82, 2.24) is 24.2 Å². The van der Waals surface area contributed by atoms with Crippen molar-refractivity contribution in [3.63, 3.8) is 0 Å². The molecular formula is C20H23N5O3S2. The molecule has 3 aromatic rings. The highest BCUT2D eigenvalue weighted by atomic mass is 32.2. The van der Waals surface area contributed by atoms with Gasteiger partial charge in [-0.2, -0.15) is 16.1 Å². The molecule has 1 unspecified atom stereocenters. The fraction of sp³-hybridized carbons (Fsp3) is 0.300. The first-order valence-electron chi connectivity index (χ1n) is 9.60. The van der Waals surface area contributed by atoms with Crippen molar-refractivity contribution >= 4 is 27.7 Å². The third kappa shape index (κ3) is 4.30. The summed E-state index contributed by atoms with van der Waals surface area (Å²) in [7, 11) is -3.58. The maximum absolute atomic E-state index is 12.8. The molecule has 1 amide bonds. The number of nitrogens with one attached hydrogen (secondary N) is 2. The highest BCUT2D eigenvalue weighted by Gasteiger charge is 2.28. The quantitative estimate of drug-likeness (QED) is 0.607. The normalized spacial score (nSPS) is 16.3. The molecule has 1 aliphatic heterocycles. The van der Waals surface area contributed by atoms with Gasteiger partial charge >= 0.3 is 0 Å². The highest BCUT2D eigenvalue weighted by molar-refractivity contribution is 7.99. The maximum atomic E-state index is 12.8. The molecule has 0 bridgehead atoms. The zero-order valence-electron chi connectivity index (χ0n) is 16.5. The Morgan fingerprint density at radius 2 is 1.97 bits per heavy atom. The second-order valence-electron chi connectivity index (χ2n) is 7.02. The second kappa shape index (κ2) is 8.66. The fourth-order valence-electron chi connectivity index (χ4n) is 3.30. The van der Waals surface area contributed by atoms with Gasteiger partial charge in [-0.05, 0) is 30.7 Å². The van der Waals surface area contributed by atoms with Gasteiger partial charge < -0.3 is 14.9 Å². The van der Waals surface area contributed by atoms with Crippen molar-refractivity contribution in [2.24, 2.45) is 0 Å². The van der Waals surface area contributed by atoms with Crippen LogP contribution >= 0.6 is 11.8 Å². The van der Waals surface area contributed by atoms with Crippen LogP contribution < -0.4 is 5.32 Å². The third-order valence-electron chi connectivity index (χ3n) is 5.05. The Balaban J connectivity index is 1.42. The minimum atomic E-state index is -3.58. The lowest BCUT2D eigenvalue weighted by molar-refractivity contribution is 0.0935. The first kappa shape index (κ1) is 20.7. The standard InChI is InChI=1S/C20H23N5O3S2/c1-15(16-2-4-17(5-3-16)24-7-6-21-14-24)23-20(26)19-12-18(13-22-19)30(27,28)25-8-10-29-11-9-25/h2-7,12-15,22H,8-11H2,1H3,(H,23,26). The number of sulfonamides is 1. The Labute approximate surface area is 179 Å². The van der Waals surface area contributed by atoms with Crippen LogP contribution in [0.4, 0.5) is 0 Å². The SMILES string of the molecule is CC(NC(=O)c1cc(S(=O)(=O)N2CCSCC2)c[nH]1)c1ccc(-n2ccnc2)cc1. The molecule has 8 nitrogen and oxygen atoms in total. The number of amides is 1. The Morgan fingerprint density at radius 1 is 1.23 bits per heavy atom. The molecule has 1 atom stereocenters. The summed E-state index contributed by atoms with van der Waals surface area (Å²) in [4.78, 5) is 19.6. The van der Waals surface area contributed by atoms with E-state index in [1.807, 2.05) is 42.0 Å². The number of hydrogen-bond donors (Lipinski definition) is 2. The number of nitrogens with zero attached hydrogens (tertiary/aromatic N) is 3. The first-order chi connectivity index (χ1) is 14.4. The van der Waals surface area contributed by atoms with E-state index in [0.717, 1.165) is 22.8 Å². The van der Waals surface area contributed by atoms with E-state index in [1.165, 1.54) is 16.6 Å². The van der Waals surface area contributed by atoms with Gasteiger partial charge in [-0.25, -0.2) is 13.4 Å². The first-order valence-corrected chi connectivity index (χ1v) is 12.2. The Kier molecular flexibility index (Phi) is 5.98. The summed E-state index contributed by atoms with van der Waals surface area (Å²) >= 11 is 1.74. The van der Waals surface area contributed by atoms with Gasteiger partial charge in [0.15, 0.2) is 0 Å². The molecule has 4 rings (SSSR count). The van der Waals surface area contributed by atoms with E-state index in [0.29, 0.717) is 13.1 Å². The van der Waals surface area contributed by atoms with Crippen molar-refractivity contribution in [1.29, 1.82) is 0 Å². The molecule has 0 aliphatic carbocycles. The van der Waals surface area contributed by atoms with Crippen molar-refractivity contribution in [2.75, 3.05) is 24.6 Å². The molecule has 0 spiro atoms. The van der Waals surface area contributed by atoms with Gasteiger partial charge in [-0.15, -0.1) is 0 Å². The zero-order chi connectivity index (χ0) is 21.1. The topological polar surface area (TPSA) is 100 Å². The van der Waals surface area contributed by atoms with Crippen molar-refractivity contribution in [2.45, 2.75) is 17.9 Å². The van der Waals surface area contributed by atoms with E-state index in [1.54, 1.807) is 24.3 Å². The number of thioether (sulfide) groups is 1. The van der Waals surface area contributed by atoms with Crippen LogP contribution in [-0.2, 0) is 10.0 Å². The van der Waals surface area contributed by atoms with Crippen LogP contribution in [0.2, 0.25) is 0 Å². The van der Waals surface area contributed by atoms with Gasteiger partial charge in [0.1, 0.15) is 10.6 Å². The Bertz CT molecular complexity index is 1100. The van der Waals surface area contributed by atoms with Crippen LogP contribution in [0.25, 0.3) is 5.69 Å². The average Bonchev–Trinajstić information content (AvgIpc) is 3.47. The summed E-state index contributed by atoms with van der Waals surface area (Å²) in [5.74, 6) is 1.22. The Morgan fingerprint density at radius 3 is 2.63 bits per heavy atom. The molecular weight excluding hydrogens is 422 g/mol. The number of carbonyl (C=O) groups excluding carboxylic acids is 1. The molecule has 1 aliphatic rings. The number of carbonyl (C=O) groups is 1. The highest BCUT2D eigenvalue weighted by Crippen LogP contribution is 2.21. The summed E-state index contributed by atoms with van der Waals surface area (Å²) in [5, 5.41) is 2.91. The van der Waals surface area contributed by atoms with E-state index in [4.69, 9.17) is 0 Å². The van der Waals surface area contributed by atoms with Crippen molar-refractivity contribution < 1.29 is 13.2 Å². The molecule has 158 valence electrons. The van der Waals surface area contributed by atoms with Gasteiger partial charge in [0.25, 0.3) is 5.91 Å². The smallest absolute Gasteiger partial charge is 0.268 e. The monoisotopic (exact) mass is 445 g/mol. The lowest BCUT2D eigenvalue weighted by Crippen LogP contribution is -2.37. The van der Waals surface area contributed by atoms with Crippen molar-refractivity contribution in [3.05, 3.63) is 66.5 Å². The molecule has 2 N–H and O–H groups in total. The minimum absolute atomic E-state index is 0.122. The van der Waals surface area contributed by atoms with E-state index < -0.39 is 10.0 Å². The molecule has 1 saturated heterocycles. The third-order valence-corrected chi connectivity index (χ3v) is 7.87. The number of aromatic amines is 1. The molecule has 1 aromatic carbocycles. The van der Waals surface area contributed by atoms with E-state index in [2.05, 4.69) is 15.3 Å². The second-order valence-corrected chi connectivity index (χ2v) is 10.2. The minimum Gasteiger partial charge on any atom is -0.356 e. The van der Waals surface area contributed by atoms with E-state index in [9.17, 15) is 13.2 Å². The summed E-state index contributed by atoms with van der Waals surface area (Å²) in [5.41, 5.74) is 2.14. The zero-order valence-corrected chi connectivity index (χ0v) is 18.1. The lowest BCUT2D eigenvalue weighted by atomic mass is 10.1. The lowest BCUT2D eigenvalue weighted by Gasteiger charge is -2.24. The molecule has 0 radical (unpaired) electrons. The van der Waals surface area contributed by atoms with Crippen molar-refractivity contribution in [3.8, 4) is 5.69 Å². The molecule has 2 aromatic heterocycles. The van der Waals surface area contributed by atoms with Gasteiger partial charge in [-0.3, -0.25) is 4.79 Å². The Hall–Kier alpha value is -2.56. The molecule has 3 heterocycles. The van der Waals surface area contributed by atoms with Gasteiger partial charge in [0.05, 0.1) is 12.4 Å². The average molecular weight is 446 g/mol. The fourth-order valence-corrected chi connectivity index (χ4v) is 5.87. The van der Waals surface area contributed by atoms with Crippen LogP contribution in [0.1, 0.15) is 29.0 Å². The van der Waals surface area contributed by atoms with Crippen LogP contribution in [0, 0.1) is 0 Å². The maximum Gasteiger partial charge on any atom is 0.268 e. The molecule has 1 fully saturated rings. The van der Waals surface area contributed by atoms with Gasteiger partial charge in [0.2, 0.25) is 10.0 Å². The summed E-state index contributed by atoms with van der Waals surface area (Å²) < 4.78 is 28.9. The summed E-state index contributed by atoms with van der Waals surface area (Å²) in [6.45, 7) is 2.87. The van der Waals surface area contributed by atoms with Gasteiger partial charge in [-0.1, -0.05) is 12.1 Å². The van der Waals surface area contributed by atoms with Gasteiger partial charge in [0, 0.05) is 48.9 Å². The number of rotatable bonds is 6.